The van der Waals surface area contributed by atoms with E-state index in [0.717, 1.165) is 145 Å². The van der Waals surface area contributed by atoms with E-state index in [1.807, 2.05) is 12.4 Å². The molecule has 0 bridgehead atoms. The first-order valence-electron chi connectivity index (χ1n) is 24.9. The van der Waals surface area contributed by atoms with Crippen LogP contribution in [0, 0.1) is 41.5 Å². The van der Waals surface area contributed by atoms with Crippen molar-refractivity contribution in [3.8, 4) is 78.5 Å². The fourth-order valence-corrected chi connectivity index (χ4v) is 10.3. The minimum absolute atomic E-state index is 0.771. The SMILES string of the molecule is Cc1cc(C)c(N(c2cc(-c3cc(-c4ccccc4)c(C)cn3)cc(-c3cc4ccc(C)cc4o3)c2)c2cc(-c3cc(-c4ccccc4)c(C)cn3)cc(-c3cc4ccc(C)cc4o3)c2)c(-c2ccccc2)c1. The van der Waals surface area contributed by atoms with Crippen molar-refractivity contribution in [3.05, 3.63) is 246 Å². The van der Waals surface area contributed by atoms with E-state index < -0.39 is 0 Å². The number of anilines is 3. The van der Waals surface area contributed by atoms with Gasteiger partial charge < -0.3 is 13.7 Å². The van der Waals surface area contributed by atoms with Crippen molar-refractivity contribution in [1.82, 2.24) is 9.97 Å². The maximum absolute atomic E-state index is 6.81. The molecule has 5 nitrogen and oxygen atoms in total. The number of rotatable bonds is 10. The molecule has 0 unspecified atom stereocenters. The molecule has 73 heavy (non-hydrogen) atoms. The zero-order valence-corrected chi connectivity index (χ0v) is 41.9. The van der Waals surface area contributed by atoms with Crippen LogP contribution in [0.4, 0.5) is 17.1 Å². The van der Waals surface area contributed by atoms with Gasteiger partial charge in [-0.05, 0) is 176 Å². The van der Waals surface area contributed by atoms with Crippen molar-refractivity contribution in [2.24, 2.45) is 0 Å². The Morgan fingerprint density at radius 1 is 0.329 bits per heavy atom. The van der Waals surface area contributed by atoms with Gasteiger partial charge in [-0.1, -0.05) is 127 Å². The van der Waals surface area contributed by atoms with Gasteiger partial charge in [0.05, 0.1) is 17.1 Å². The van der Waals surface area contributed by atoms with Crippen LogP contribution in [0.15, 0.2) is 221 Å². The first-order chi connectivity index (χ1) is 35.6. The second-order valence-corrected chi connectivity index (χ2v) is 19.5. The summed E-state index contributed by atoms with van der Waals surface area (Å²) in [5.74, 6) is 1.54. The molecule has 0 fully saturated rings. The lowest BCUT2D eigenvalue weighted by Gasteiger charge is -2.31. The van der Waals surface area contributed by atoms with Gasteiger partial charge in [0, 0.05) is 62.4 Å². The molecule has 0 amide bonds. The Balaban J connectivity index is 1.17. The van der Waals surface area contributed by atoms with Gasteiger partial charge in [-0.3, -0.25) is 9.97 Å². The normalized spacial score (nSPS) is 11.4. The van der Waals surface area contributed by atoms with E-state index >= 15 is 0 Å². The highest BCUT2D eigenvalue weighted by Gasteiger charge is 2.25. The van der Waals surface area contributed by atoms with Gasteiger partial charge in [-0.2, -0.15) is 0 Å². The molecular weight excluding hydrogens is 891 g/mol. The molecule has 0 saturated heterocycles. The summed E-state index contributed by atoms with van der Waals surface area (Å²) in [6, 6.07) is 71.5. The fourth-order valence-electron chi connectivity index (χ4n) is 10.3. The Morgan fingerprint density at radius 3 is 1.21 bits per heavy atom. The van der Waals surface area contributed by atoms with Crippen LogP contribution >= 0.6 is 0 Å². The van der Waals surface area contributed by atoms with E-state index in [0.29, 0.717) is 0 Å². The summed E-state index contributed by atoms with van der Waals surface area (Å²) in [5, 5.41) is 2.09. The van der Waals surface area contributed by atoms with E-state index in [1.54, 1.807) is 0 Å². The van der Waals surface area contributed by atoms with Crippen LogP contribution in [0.25, 0.3) is 100 Å². The monoisotopic (exact) mass is 943 g/mol. The molecule has 12 aromatic rings. The Labute approximate surface area is 426 Å². The number of fused-ring (bicyclic) bond motifs is 2. The predicted octanol–water partition coefficient (Wildman–Crippen LogP) is 19.0. The second-order valence-electron chi connectivity index (χ2n) is 19.5. The third kappa shape index (κ3) is 8.80. The molecule has 8 aromatic carbocycles. The molecule has 0 aliphatic carbocycles. The van der Waals surface area contributed by atoms with E-state index in [2.05, 4.69) is 247 Å². The van der Waals surface area contributed by atoms with Crippen LogP contribution in [0.3, 0.4) is 0 Å². The van der Waals surface area contributed by atoms with Gasteiger partial charge in [-0.25, -0.2) is 0 Å². The maximum Gasteiger partial charge on any atom is 0.135 e. The number of hydrogen-bond acceptors (Lipinski definition) is 5. The Morgan fingerprint density at radius 2 is 0.753 bits per heavy atom. The molecule has 0 spiro atoms. The highest BCUT2D eigenvalue weighted by Crippen LogP contribution is 2.48. The number of aryl methyl sites for hydroxylation is 6. The molecular formula is C68H53N3O2. The van der Waals surface area contributed by atoms with Crippen molar-refractivity contribution >= 4 is 39.0 Å². The summed E-state index contributed by atoms with van der Waals surface area (Å²) in [6.07, 6.45) is 3.98. The third-order valence-electron chi connectivity index (χ3n) is 14.0. The standard InChI is InChI=1S/C68H53N3O2/c1-42-22-24-51-36-66(72-64(51)28-42)55-30-53(62-38-59(46(5)40-69-62)48-16-10-7-11-17-48)32-57(34-55)71(68-45(4)26-44(3)27-61(68)50-20-14-9-15-21-50)58-33-54(63-39-60(47(6)41-70-63)49-18-12-8-13-19-49)31-56(35-58)67-37-52-25-23-43(2)29-65(52)73-67/h7-41H,1-6H3. The minimum atomic E-state index is 0.771. The second kappa shape index (κ2) is 18.6. The number of hydrogen-bond donors (Lipinski definition) is 0. The van der Waals surface area contributed by atoms with Gasteiger partial charge >= 0.3 is 0 Å². The van der Waals surface area contributed by atoms with Gasteiger partial charge in [0.15, 0.2) is 0 Å². The van der Waals surface area contributed by atoms with Crippen LogP contribution in [0.2, 0.25) is 0 Å². The first kappa shape index (κ1) is 45.1. The molecule has 0 atom stereocenters. The number of aromatic nitrogens is 2. The molecule has 0 aliphatic rings. The number of furan rings is 2. The lowest BCUT2D eigenvalue weighted by Crippen LogP contribution is -2.14. The van der Waals surface area contributed by atoms with Crippen molar-refractivity contribution in [3.63, 3.8) is 0 Å². The molecule has 0 N–H and O–H groups in total. The average molecular weight is 944 g/mol. The topological polar surface area (TPSA) is 55.3 Å². The predicted molar refractivity (Wildman–Crippen MR) is 303 cm³/mol. The van der Waals surface area contributed by atoms with Gasteiger partial charge in [0.25, 0.3) is 0 Å². The Hall–Kier alpha value is -9.06. The maximum atomic E-state index is 6.81. The highest BCUT2D eigenvalue weighted by molar-refractivity contribution is 5.96. The van der Waals surface area contributed by atoms with Crippen molar-refractivity contribution in [2.75, 3.05) is 4.90 Å². The molecule has 5 heteroatoms. The van der Waals surface area contributed by atoms with E-state index in [9.17, 15) is 0 Å². The van der Waals surface area contributed by atoms with E-state index in [1.165, 1.54) is 5.56 Å². The highest BCUT2D eigenvalue weighted by atomic mass is 16.3. The number of nitrogens with zero attached hydrogens (tertiary/aromatic N) is 3. The minimum Gasteiger partial charge on any atom is -0.456 e. The largest absolute Gasteiger partial charge is 0.456 e. The zero-order chi connectivity index (χ0) is 49.7. The first-order valence-corrected chi connectivity index (χ1v) is 24.9. The van der Waals surface area contributed by atoms with Gasteiger partial charge in [0.2, 0.25) is 0 Å². The zero-order valence-electron chi connectivity index (χ0n) is 41.9. The Kier molecular flexibility index (Phi) is 11.5. The molecule has 4 aromatic heterocycles. The van der Waals surface area contributed by atoms with E-state index in [-0.39, 0.29) is 0 Å². The summed E-state index contributed by atoms with van der Waals surface area (Å²) in [7, 11) is 0. The molecule has 352 valence electrons. The van der Waals surface area contributed by atoms with Gasteiger partial charge in [0.1, 0.15) is 22.7 Å². The smallest absolute Gasteiger partial charge is 0.135 e. The van der Waals surface area contributed by atoms with Crippen LogP contribution in [0.5, 0.6) is 0 Å². The quantitative estimate of drug-likeness (QED) is 0.137. The van der Waals surface area contributed by atoms with Crippen LogP contribution < -0.4 is 4.90 Å². The summed E-state index contributed by atoms with van der Waals surface area (Å²) >= 11 is 0. The summed E-state index contributed by atoms with van der Waals surface area (Å²) < 4.78 is 13.6. The molecule has 0 radical (unpaired) electrons. The average Bonchev–Trinajstić information content (AvgIpc) is 4.04. The molecule has 0 saturated carbocycles. The summed E-state index contributed by atoms with van der Waals surface area (Å²) in [4.78, 5) is 12.8. The van der Waals surface area contributed by atoms with Crippen LogP contribution in [-0.2, 0) is 0 Å². The third-order valence-corrected chi connectivity index (χ3v) is 14.0. The van der Waals surface area contributed by atoms with Crippen LogP contribution in [-0.4, -0.2) is 9.97 Å². The van der Waals surface area contributed by atoms with Crippen molar-refractivity contribution in [2.45, 2.75) is 41.5 Å². The number of pyridine rings is 2. The summed E-state index contributed by atoms with van der Waals surface area (Å²) in [5.41, 5.74) is 23.6. The van der Waals surface area contributed by atoms with Crippen molar-refractivity contribution < 1.29 is 8.83 Å². The lowest BCUT2D eigenvalue weighted by atomic mass is 9.94. The molecule has 0 aliphatic heterocycles. The van der Waals surface area contributed by atoms with Crippen molar-refractivity contribution in [1.29, 1.82) is 0 Å². The fraction of sp³-hybridized carbons (Fsp3) is 0.0882. The van der Waals surface area contributed by atoms with Gasteiger partial charge in [-0.15, -0.1) is 0 Å². The Bertz CT molecular complexity index is 3820. The molecule has 4 heterocycles. The molecule has 12 rings (SSSR count). The number of benzene rings is 8. The lowest BCUT2D eigenvalue weighted by molar-refractivity contribution is 0.631. The van der Waals surface area contributed by atoms with E-state index in [4.69, 9.17) is 18.8 Å². The summed E-state index contributed by atoms with van der Waals surface area (Å²) in [6.45, 7) is 12.9. The van der Waals surface area contributed by atoms with Crippen LogP contribution in [0.1, 0.15) is 33.4 Å².